The van der Waals surface area contributed by atoms with Gasteiger partial charge in [0.25, 0.3) is 0 Å². The largest absolute Gasteiger partial charge is 0.481 e. The molecule has 0 fully saturated rings. The number of aromatic nitrogens is 1. The maximum Gasteiger partial charge on any atom is 0.433 e. The van der Waals surface area contributed by atoms with E-state index in [4.69, 9.17) is 5.11 Å². The van der Waals surface area contributed by atoms with Crippen molar-refractivity contribution in [3.05, 3.63) is 29.6 Å². The third kappa shape index (κ3) is 2.32. The fourth-order valence-electron chi connectivity index (χ4n) is 1.05. The average molecular weight is 233 g/mol. The summed E-state index contributed by atoms with van der Waals surface area (Å²) in [6.07, 6.45) is -4.56. The molecule has 0 atom stereocenters. The van der Waals surface area contributed by atoms with Gasteiger partial charge < -0.3 is 5.11 Å². The molecule has 0 radical (unpaired) electrons. The standard InChI is InChI=1S/C10H10F3NO2/c1-9(2,8(15)16)6-4-3-5-7(14-6)10(11,12)13/h3-5H,1-2H3,(H,15,16). The van der Waals surface area contributed by atoms with Gasteiger partial charge in [-0.15, -0.1) is 0 Å². The lowest BCUT2D eigenvalue weighted by atomic mass is 9.89. The van der Waals surface area contributed by atoms with Gasteiger partial charge in [-0.25, -0.2) is 4.98 Å². The summed E-state index contributed by atoms with van der Waals surface area (Å²) >= 11 is 0. The van der Waals surface area contributed by atoms with Gasteiger partial charge in [-0.05, 0) is 26.0 Å². The molecule has 0 saturated heterocycles. The normalized spacial score (nSPS) is 12.6. The molecule has 0 unspecified atom stereocenters. The molecular weight excluding hydrogens is 223 g/mol. The molecule has 0 spiro atoms. The minimum atomic E-state index is -4.56. The van der Waals surface area contributed by atoms with Crippen LogP contribution < -0.4 is 0 Å². The quantitative estimate of drug-likeness (QED) is 0.853. The summed E-state index contributed by atoms with van der Waals surface area (Å²) in [5.41, 5.74) is -2.64. The summed E-state index contributed by atoms with van der Waals surface area (Å²) in [4.78, 5) is 14.2. The van der Waals surface area contributed by atoms with Gasteiger partial charge in [0.1, 0.15) is 11.1 Å². The first-order valence-electron chi connectivity index (χ1n) is 4.44. The molecule has 6 heteroatoms. The minimum absolute atomic E-state index is 0.116. The van der Waals surface area contributed by atoms with Crippen LogP contribution in [0.1, 0.15) is 25.2 Å². The zero-order valence-electron chi connectivity index (χ0n) is 8.67. The molecule has 1 aromatic heterocycles. The molecule has 1 rings (SSSR count). The fraction of sp³-hybridized carbons (Fsp3) is 0.400. The van der Waals surface area contributed by atoms with E-state index in [0.29, 0.717) is 0 Å². The van der Waals surface area contributed by atoms with E-state index in [-0.39, 0.29) is 5.69 Å². The molecule has 0 aliphatic heterocycles. The Morgan fingerprint density at radius 2 is 1.75 bits per heavy atom. The van der Waals surface area contributed by atoms with Gasteiger partial charge in [0.2, 0.25) is 0 Å². The van der Waals surface area contributed by atoms with E-state index in [9.17, 15) is 18.0 Å². The molecule has 88 valence electrons. The van der Waals surface area contributed by atoms with Gasteiger partial charge in [-0.2, -0.15) is 13.2 Å². The molecule has 0 aliphatic rings. The summed E-state index contributed by atoms with van der Waals surface area (Å²) < 4.78 is 37.0. The van der Waals surface area contributed by atoms with E-state index in [0.717, 1.165) is 12.1 Å². The van der Waals surface area contributed by atoms with Crippen LogP contribution in [0.3, 0.4) is 0 Å². The smallest absolute Gasteiger partial charge is 0.433 e. The molecule has 0 bridgehead atoms. The molecule has 16 heavy (non-hydrogen) atoms. The van der Waals surface area contributed by atoms with Crippen molar-refractivity contribution in [1.29, 1.82) is 0 Å². The predicted octanol–water partition coefficient (Wildman–Crippen LogP) is 2.46. The number of carbonyl (C=O) groups is 1. The van der Waals surface area contributed by atoms with E-state index in [2.05, 4.69) is 4.98 Å². The second kappa shape index (κ2) is 3.77. The zero-order valence-corrected chi connectivity index (χ0v) is 8.67. The maximum absolute atomic E-state index is 12.3. The molecule has 0 saturated carbocycles. The second-order valence-corrected chi connectivity index (χ2v) is 3.84. The summed E-state index contributed by atoms with van der Waals surface area (Å²) in [5, 5.41) is 8.87. The molecule has 1 heterocycles. The van der Waals surface area contributed by atoms with Crippen molar-refractivity contribution < 1.29 is 23.1 Å². The maximum atomic E-state index is 12.3. The third-order valence-electron chi connectivity index (χ3n) is 2.21. The number of hydrogen-bond donors (Lipinski definition) is 1. The van der Waals surface area contributed by atoms with Crippen LogP contribution in [-0.2, 0) is 16.4 Å². The number of hydrogen-bond acceptors (Lipinski definition) is 2. The van der Waals surface area contributed by atoms with Crippen LogP contribution in [0, 0.1) is 0 Å². The molecule has 1 N–H and O–H groups in total. The highest BCUT2D eigenvalue weighted by Crippen LogP contribution is 2.30. The first kappa shape index (κ1) is 12.5. The lowest BCUT2D eigenvalue weighted by Gasteiger charge is -2.19. The number of carboxylic acids is 1. The lowest BCUT2D eigenvalue weighted by molar-refractivity contribution is -0.144. The third-order valence-corrected chi connectivity index (χ3v) is 2.21. The Kier molecular flexibility index (Phi) is 2.94. The number of carboxylic acid groups (broad SMARTS) is 1. The summed E-state index contributed by atoms with van der Waals surface area (Å²) in [6.45, 7) is 2.61. The summed E-state index contributed by atoms with van der Waals surface area (Å²) in [7, 11) is 0. The zero-order chi connectivity index (χ0) is 12.6. The van der Waals surface area contributed by atoms with Crippen molar-refractivity contribution in [2.24, 2.45) is 0 Å². The number of rotatable bonds is 2. The first-order chi connectivity index (χ1) is 7.15. The summed E-state index contributed by atoms with van der Waals surface area (Å²) in [5.74, 6) is -1.22. The number of aliphatic carboxylic acids is 1. The highest BCUT2D eigenvalue weighted by Gasteiger charge is 2.36. The Balaban J connectivity index is 3.23. The van der Waals surface area contributed by atoms with Crippen molar-refractivity contribution in [1.82, 2.24) is 4.98 Å². The van der Waals surface area contributed by atoms with E-state index >= 15 is 0 Å². The van der Waals surface area contributed by atoms with Gasteiger partial charge in [0.05, 0.1) is 5.69 Å². The highest BCUT2D eigenvalue weighted by molar-refractivity contribution is 5.79. The Labute approximate surface area is 89.9 Å². The van der Waals surface area contributed by atoms with Crippen molar-refractivity contribution in [2.75, 3.05) is 0 Å². The van der Waals surface area contributed by atoms with Crippen LogP contribution in [0.2, 0.25) is 0 Å². The SMILES string of the molecule is CC(C)(C(=O)O)c1cccc(C(F)(F)F)n1. The van der Waals surface area contributed by atoms with Crippen molar-refractivity contribution in [3.8, 4) is 0 Å². The van der Waals surface area contributed by atoms with Crippen LogP contribution in [0.4, 0.5) is 13.2 Å². The van der Waals surface area contributed by atoms with Crippen molar-refractivity contribution >= 4 is 5.97 Å². The first-order valence-corrected chi connectivity index (χ1v) is 4.44. The Bertz CT molecular complexity index is 413. The molecule has 0 amide bonds. The molecule has 1 aromatic rings. The Morgan fingerprint density at radius 3 is 2.19 bits per heavy atom. The topological polar surface area (TPSA) is 50.2 Å². The second-order valence-electron chi connectivity index (χ2n) is 3.84. The monoisotopic (exact) mass is 233 g/mol. The van der Waals surface area contributed by atoms with Crippen LogP contribution in [0.5, 0.6) is 0 Å². The van der Waals surface area contributed by atoms with Gasteiger partial charge in [-0.3, -0.25) is 4.79 Å². The number of pyridine rings is 1. The van der Waals surface area contributed by atoms with Crippen molar-refractivity contribution in [3.63, 3.8) is 0 Å². The van der Waals surface area contributed by atoms with Gasteiger partial charge in [0, 0.05) is 0 Å². The van der Waals surface area contributed by atoms with E-state index in [1.165, 1.54) is 19.9 Å². The predicted molar refractivity (Wildman–Crippen MR) is 49.9 cm³/mol. The Hall–Kier alpha value is -1.59. The van der Waals surface area contributed by atoms with Gasteiger partial charge in [-0.1, -0.05) is 6.07 Å². The van der Waals surface area contributed by atoms with E-state index in [1.807, 2.05) is 0 Å². The summed E-state index contributed by atoms with van der Waals surface area (Å²) in [6, 6.07) is 3.22. The van der Waals surface area contributed by atoms with E-state index < -0.39 is 23.3 Å². The van der Waals surface area contributed by atoms with Crippen molar-refractivity contribution in [2.45, 2.75) is 25.4 Å². The number of nitrogens with zero attached hydrogens (tertiary/aromatic N) is 1. The fourth-order valence-corrected chi connectivity index (χ4v) is 1.05. The number of alkyl halides is 3. The molecular formula is C10H10F3NO2. The Morgan fingerprint density at radius 1 is 1.25 bits per heavy atom. The van der Waals surface area contributed by atoms with Gasteiger partial charge >= 0.3 is 12.1 Å². The van der Waals surface area contributed by atoms with Crippen LogP contribution in [0.15, 0.2) is 18.2 Å². The van der Waals surface area contributed by atoms with E-state index in [1.54, 1.807) is 0 Å². The minimum Gasteiger partial charge on any atom is -0.481 e. The number of halogens is 3. The highest BCUT2D eigenvalue weighted by atomic mass is 19.4. The van der Waals surface area contributed by atoms with Crippen LogP contribution in [0.25, 0.3) is 0 Å². The van der Waals surface area contributed by atoms with Gasteiger partial charge in [0.15, 0.2) is 0 Å². The molecule has 0 aliphatic carbocycles. The lowest BCUT2D eigenvalue weighted by Crippen LogP contribution is -2.30. The van der Waals surface area contributed by atoms with Crippen LogP contribution in [-0.4, -0.2) is 16.1 Å². The molecule has 3 nitrogen and oxygen atoms in total. The average Bonchev–Trinajstić information content (AvgIpc) is 2.16. The van der Waals surface area contributed by atoms with Crippen LogP contribution >= 0.6 is 0 Å². The molecule has 0 aromatic carbocycles.